The molecule has 0 bridgehead atoms. The number of carbonyl (C=O) groups excluding carboxylic acids is 2. The fraction of sp³-hybridized carbons (Fsp3) is 0.462. The number of hydrogen-bond acceptors (Lipinski definition) is 5. The summed E-state index contributed by atoms with van der Waals surface area (Å²) in [4.78, 5) is 24.9. The molecule has 8 heteroatoms. The summed E-state index contributed by atoms with van der Waals surface area (Å²) in [5.41, 5.74) is 1.74. The van der Waals surface area contributed by atoms with Crippen LogP contribution in [0.3, 0.4) is 0 Å². The molecule has 1 aliphatic heterocycles. The number of nitrogens with one attached hydrogen (secondary N) is 2. The molecule has 1 aliphatic rings. The first-order chi connectivity index (χ1) is 16.2. The molecule has 0 radical (unpaired) electrons. The number of hydrogen-bond donors (Lipinski definition) is 3. The zero-order chi connectivity index (χ0) is 24.8. The predicted octanol–water partition coefficient (Wildman–Crippen LogP) is 3.33. The van der Waals surface area contributed by atoms with Gasteiger partial charge in [-0.3, -0.25) is 9.59 Å². The van der Waals surface area contributed by atoms with E-state index in [1.807, 2.05) is 6.92 Å². The quantitative estimate of drug-likeness (QED) is 0.460. The number of benzene rings is 2. The third kappa shape index (κ3) is 6.91. The first-order valence-corrected chi connectivity index (χ1v) is 11.6. The van der Waals surface area contributed by atoms with E-state index in [1.165, 1.54) is 25.1 Å². The average molecular weight is 475 g/mol. The van der Waals surface area contributed by atoms with E-state index in [2.05, 4.69) is 10.6 Å². The van der Waals surface area contributed by atoms with E-state index < -0.39 is 29.7 Å². The van der Waals surface area contributed by atoms with E-state index in [9.17, 15) is 23.5 Å². The SMILES string of the molecule is CCCOC1CN[C@@H]([C@@H](O)[C@H](Cc2cc(F)cc(F)c2)NC(=O)c2cc(C)cc(C(C)=O)c2)C1. The van der Waals surface area contributed by atoms with Crippen molar-refractivity contribution in [1.82, 2.24) is 10.6 Å². The van der Waals surface area contributed by atoms with Crippen molar-refractivity contribution in [3.8, 4) is 0 Å². The zero-order valence-electron chi connectivity index (χ0n) is 19.7. The lowest BCUT2D eigenvalue weighted by molar-refractivity contribution is 0.0514. The maximum atomic E-state index is 13.8. The zero-order valence-corrected chi connectivity index (χ0v) is 19.7. The number of Topliss-reactive ketones (excluding diaryl/α,β-unsaturated/α-hetero) is 1. The molecule has 34 heavy (non-hydrogen) atoms. The highest BCUT2D eigenvalue weighted by Gasteiger charge is 2.35. The molecule has 184 valence electrons. The molecule has 2 aromatic carbocycles. The van der Waals surface area contributed by atoms with Crippen LogP contribution < -0.4 is 10.6 Å². The summed E-state index contributed by atoms with van der Waals surface area (Å²) in [5, 5.41) is 17.2. The maximum Gasteiger partial charge on any atom is 0.251 e. The van der Waals surface area contributed by atoms with Crippen LogP contribution in [0.1, 0.15) is 58.5 Å². The average Bonchev–Trinajstić information content (AvgIpc) is 3.24. The Morgan fingerprint density at radius 1 is 1.15 bits per heavy atom. The molecule has 0 aliphatic carbocycles. The lowest BCUT2D eigenvalue weighted by Gasteiger charge is -2.29. The Morgan fingerprint density at radius 3 is 2.47 bits per heavy atom. The molecule has 3 rings (SSSR count). The van der Waals surface area contributed by atoms with E-state index >= 15 is 0 Å². The van der Waals surface area contributed by atoms with Gasteiger partial charge in [-0.05, 0) is 74.6 Å². The number of ketones is 1. The monoisotopic (exact) mass is 474 g/mol. The maximum absolute atomic E-state index is 13.8. The van der Waals surface area contributed by atoms with Gasteiger partial charge in [-0.15, -0.1) is 0 Å². The minimum Gasteiger partial charge on any atom is -0.389 e. The second kappa shape index (κ2) is 11.6. The third-order valence-corrected chi connectivity index (χ3v) is 5.95. The summed E-state index contributed by atoms with van der Waals surface area (Å²) >= 11 is 0. The van der Waals surface area contributed by atoms with Crippen LogP contribution in [0.2, 0.25) is 0 Å². The van der Waals surface area contributed by atoms with E-state index in [-0.39, 0.29) is 29.9 Å². The molecular weight excluding hydrogens is 442 g/mol. The van der Waals surface area contributed by atoms with Gasteiger partial charge in [-0.2, -0.15) is 0 Å². The summed E-state index contributed by atoms with van der Waals surface area (Å²) in [6.45, 7) is 6.40. The van der Waals surface area contributed by atoms with E-state index in [4.69, 9.17) is 4.74 Å². The number of amides is 1. The van der Waals surface area contributed by atoms with Gasteiger partial charge >= 0.3 is 0 Å². The summed E-state index contributed by atoms with van der Waals surface area (Å²) in [6, 6.07) is 6.79. The minimum absolute atomic E-state index is 0.0195. The number of rotatable bonds is 10. The van der Waals surface area contributed by atoms with Crippen molar-refractivity contribution < 1.29 is 28.2 Å². The van der Waals surface area contributed by atoms with Gasteiger partial charge in [0.25, 0.3) is 5.91 Å². The molecule has 6 nitrogen and oxygen atoms in total. The molecule has 4 atom stereocenters. The largest absolute Gasteiger partial charge is 0.389 e. The Kier molecular flexibility index (Phi) is 8.88. The molecule has 1 unspecified atom stereocenters. The lowest BCUT2D eigenvalue weighted by Crippen LogP contribution is -2.52. The fourth-order valence-corrected chi connectivity index (χ4v) is 4.29. The smallest absolute Gasteiger partial charge is 0.251 e. The molecule has 1 amide bonds. The number of halogens is 2. The molecule has 0 saturated carbocycles. The summed E-state index contributed by atoms with van der Waals surface area (Å²) in [5.74, 6) is -2.11. The van der Waals surface area contributed by atoms with E-state index in [1.54, 1.807) is 19.1 Å². The van der Waals surface area contributed by atoms with E-state index in [0.29, 0.717) is 30.7 Å². The highest BCUT2D eigenvalue weighted by Crippen LogP contribution is 2.20. The number of aliphatic hydroxyl groups excluding tert-OH is 1. The summed E-state index contributed by atoms with van der Waals surface area (Å²) in [6.07, 6.45) is 0.349. The molecule has 1 saturated heterocycles. The van der Waals surface area contributed by atoms with Crippen molar-refractivity contribution in [2.75, 3.05) is 13.2 Å². The molecule has 0 spiro atoms. The number of carbonyl (C=O) groups is 2. The highest BCUT2D eigenvalue weighted by atomic mass is 19.1. The second-order valence-electron chi connectivity index (χ2n) is 8.94. The summed E-state index contributed by atoms with van der Waals surface area (Å²) < 4.78 is 33.4. The molecule has 3 N–H and O–H groups in total. The van der Waals surface area contributed by atoms with Crippen molar-refractivity contribution in [1.29, 1.82) is 0 Å². The van der Waals surface area contributed by atoms with Gasteiger partial charge in [0.05, 0.1) is 18.2 Å². The summed E-state index contributed by atoms with van der Waals surface area (Å²) in [7, 11) is 0. The molecule has 0 aromatic heterocycles. The molecule has 1 heterocycles. The second-order valence-corrected chi connectivity index (χ2v) is 8.94. The minimum atomic E-state index is -1.04. The topological polar surface area (TPSA) is 87.7 Å². The fourth-order valence-electron chi connectivity index (χ4n) is 4.29. The number of aryl methyl sites for hydroxylation is 1. The highest BCUT2D eigenvalue weighted by molar-refractivity contribution is 6.00. The van der Waals surface area contributed by atoms with Gasteiger partial charge in [-0.1, -0.05) is 6.92 Å². The van der Waals surface area contributed by atoms with Crippen LogP contribution in [-0.2, 0) is 11.2 Å². The van der Waals surface area contributed by atoms with Gasteiger partial charge in [0, 0.05) is 36.4 Å². The van der Waals surface area contributed by atoms with Gasteiger partial charge < -0.3 is 20.5 Å². The Hall–Kier alpha value is -2.68. The predicted molar refractivity (Wildman–Crippen MR) is 125 cm³/mol. The van der Waals surface area contributed by atoms with Crippen LogP contribution in [0, 0.1) is 18.6 Å². The third-order valence-electron chi connectivity index (χ3n) is 5.95. The first-order valence-electron chi connectivity index (χ1n) is 11.6. The van der Waals surface area contributed by atoms with Gasteiger partial charge in [-0.25, -0.2) is 8.78 Å². The van der Waals surface area contributed by atoms with Crippen LogP contribution in [0.15, 0.2) is 36.4 Å². The van der Waals surface area contributed by atoms with Crippen LogP contribution in [0.25, 0.3) is 0 Å². The Bertz CT molecular complexity index is 1010. The normalized spacial score (nSPS) is 19.6. The van der Waals surface area contributed by atoms with Gasteiger partial charge in [0.15, 0.2) is 5.78 Å². The van der Waals surface area contributed by atoms with Gasteiger partial charge in [0.2, 0.25) is 0 Å². The molecule has 1 fully saturated rings. The molecular formula is C26H32F2N2O4. The lowest BCUT2D eigenvalue weighted by atomic mass is 9.94. The van der Waals surface area contributed by atoms with Crippen molar-refractivity contribution in [2.24, 2.45) is 0 Å². The first kappa shape index (κ1) is 25.9. The Balaban J connectivity index is 1.82. The van der Waals surface area contributed by atoms with Crippen LogP contribution in [0.4, 0.5) is 8.78 Å². The van der Waals surface area contributed by atoms with Crippen molar-refractivity contribution in [3.63, 3.8) is 0 Å². The Labute approximate surface area is 198 Å². The van der Waals surface area contributed by atoms with Crippen LogP contribution in [-0.4, -0.2) is 54.2 Å². The standard InChI is InChI=1S/C26H32F2N2O4/c1-4-5-34-22-13-23(29-14-22)25(32)24(10-17-8-20(27)12-21(28)9-17)30-26(33)19-7-15(2)6-18(11-19)16(3)31/h6-9,11-12,22-25,29,32H,4-5,10,13-14H2,1-3H3,(H,30,33)/t22?,23-,24+,25-/m1/s1. The van der Waals surface area contributed by atoms with Crippen molar-refractivity contribution in [2.45, 2.75) is 64.3 Å². The Morgan fingerprint density at radius 2 is 1.82 bits per heavy atom. The van der Waals surface area contributed by atoms with Crippen molar-refractivity contribution in [3.05, 3.63) is 70.3 Å². The van der Waals surface area contributed by atoms with Crippen LogP contribution in [0.5, 0.6) is 0 Å². The van der Waals surface area contributed by atoms with Gasteiger partial charge in [0.1, 0.15) is 11.6 Å². The number of ether oxygens (including phenoxy) is 1. The van der Waals surface area contributed by atoms with Crippen LogP contribution >= 0.6 is 0 Å². The van der Waals surface area contributed by atoms with Crippen molar-refractivity contribution >= 4 is 11.7 Å². The van der Waals surface area contributed by atoms with E-state index in [0.717, 1.165) is 18.1 Å². The number of aliphatic hydroxyl groups is 1. The molecule has 2 aromatic rings.